The lowest BCUT2D eigenvalue weighted by Gasteiger charge is -2.24. The lowest BCUT2D eigenvalue weighted by Crippen LogP contribution is -2.22. The van der Waals surface area contributed by atoms with Crippen LogP contribution < -0.4 is 10.6 Å². The molecule has 174 valence electrons. The Morgan fingerprint density at radius 2 is 1.73 bits per heavy atom. The highest BCUT2D eigenvalue weighted by Gasteiger charge is 2.32. The third-order valence-electron chi connectivity index (χ3n) is 5.23. The maximum absolute atomic E-state index is 11.2. The zero-order valence-corrected chi connectivity index (χ0v) is 19.8. The van der Waals surface area contributed by atoms with Gasteiger partial charge >= 0.3 is 6.18 Å². The van der Waals surface area contributed by atoms with E-state index in [1.54, 1.807) is 0 Å². The van der Waals surface area contributed by atoms with E-state index in [4.69, 9.17) is 0 Å². The number of nitrogens with one attached hydrogen (secondary N) is 1. The number of aromatic nitrogens is 1. The number of allylic oxidation sites excluding steroid dienone is 2. The van der Waals surface area contributed by atoms with E-state index >= 15 is 0 Å². The third-order valence-corrected chi connectivity index (χ3v) is 6.08. The molecule has 0 bridgehead atoms. The number of sulfone groups is 1. The lowest BCUT2D eigenvalue weighted by atomic mass is 9.82. The molecule has 0 radical (unpaired) electrons. The highest BCUT2D eigenvalue weighted by Crippen LogP contribution is 2.28. The Balaban J connectivity index is 0.000000787. The summed E-state index contributed by atoms with van der Waals surface area (Å²) in [6.07, 6.45) is 10.0. The molecule has 1 unspecified atom stereocenters. The molecule has 0 saturated carbocycles. The van der Waals surface area contributed by atoms with Crippen molar-refractivity contribution in [2.75, 3.05) is 12.0 Å². The van der Waals surface area contributed by atoms with Gasteiger partial charge in [-0.2, -0.15) is 13.2 Å². The van der Waals surface area contributed by atoms with Crippen molar-refractivity contribution in [3.63, 3.8) is 0 Å². The second-order valence-electron chi connectivity index (χ2n) is 7.72. The molecule has 0 saturated heterocycles. The SMILES string of the molecule is C=c1[nH]cc/c1=C(/C=C\C)CCCC(CC)C(CC)CC.CS(=O)(=O)CC(F)(F)F. The second kappa shape index (κ2) is 13.7. The van der Waals surface area contributed by atoms with Gasteiger partial charge in [-0.15, -0.1) is 0 Å². The first-order valence-corrected chi connectivity index (χ1v) is 12.7. The molecule has 0 aliphatic rings. The number of aromatic amines is 1. The lowest BCUT2D eigenvalue weighted by molar-refractivity contribution is -0.106. The third kappa shape index (κ3) is 12.3. The average molecular weight is 450 g/mol. The first-order valence-electron chi connectivity index (χ1n) is 10.6. The van der Waals surface area contributed by atoms with Crippen LogP contribution in [0.25, 0.3) is 12.2 Å². The van der Waals surface area contributed by atoms with E-state index < -0.39 is 21.8 Å². The number of hydrogen-bond acceptors (Lipinski definition) is 2. The van der Waals surface area contributed by atoms with Gasteiger partial charge in [0, 0.05) is 23.0 Å². The minimum Gasteiger partial charge on any atom is -0.362 e. The molecule has 1 rings (SSSR count). The minimum atomic E-state index is -4.60. The standard InChI is InChI=1S/C20H33N.C3H5F3O2S/c1-6-11-19(20-14-15-21-16(20)5)13-10-12-18(9-4)17(7-2)8-3;1-9(7,8)2-3(4,5)6/h6,11,14-15,17-18,21H,5,7-10,12-13H2,1-4H3;2H2,1H3/b11-6-,20-19+;. The first kappa shape index (κ1) is 28.5. The Morgan fingerprint density at radius 1 is 1.17 bits per heavy atom. The van der Waals surface area contributed by atoms with E-state index in [1.165, 1.54) is 42.9 Å². The number of alkyl halides is 3. The Hall–Kier alpha value is -1.50. The van der Waals surface area contributed by atoms with Gasteiger partial charge in [-0.05, 0) is 49.7 Å². The topological polar surface area (TPSA) is 49.9 Å². The molecule has 0 aliphatic carbocycles. The molecule has 0 aliphatic heterocycles. The van der Waals surface area contributed by atoms with Gasteiger partial charge in [0.25, 0.3) is 0 Å². The van der Waals surface area contributed by atoms with Crippen LogP contribution in [0.2, 0.25) is 0 Å². The van der Waals surface area contributed by atoms with Gasteiger partial charge < -0.3 is 4.98 Å². The van der Waals surface area contributed by atoms with E-state index in [-0.39, 0.29) is 0 Å². The van der Waals surface area contributed by atoms with Gasteiger partial charge in [-0.3, -0.25) is 0 Å². The fraction of sp³-hybridized carbons (Fsp3) is 0.652. The first-order chi connectivity index (χ1) is 13.9. The predicted octanol–water partition coefficient (Wildman–Crippen LogP) is 5.38. The molecule has 1 aromatic heterocycles. The highest BCUT2D eigenvalue weighted by molar-refractivity contribution is 7.90. The van der Waals surface area contributed by atoms with Gasteiger partial charge in [0.05, 0.1) is 0 Å². The molecule has 7 heteroatoms. The highest BCUT2D eigenvalue weighted by atomic mass is 32.2. The van der Waals surface area contributed by atoms with Gasteiger partial charge in [-0.1, -0.05) is 58.8 Å². The zero-order chi connectivity index (χ0) is 23.4. The van der Waals surface area contributed by atoms with Crippen LogP contribution in [0.1, 0.15) is 66.2 Å². The maximum Gasteiger partial charge on any atom is 0.402 e. The summed E-state index contributed by atoms with van der Waals surface area (Å²) in [6, 6.07) is 2.15. The fourth-order valence-electron chi connectivity index (χ4n) is 3.79. The van der Waals surface area contributed by atoms with Crippen LogP contribution in [0.5, 0.6) is 0 Å². The minimum absolute atomic E-state index is 0.542. The summed E-state index contributed by atoms with van der Waals surface area (Å²) >= 11 is 0. The van der Waals surface area contributed by atoms with Crippen molar-refractivity contribution in [3.8, 4) is 0 Å². The summed E-state index contributed by atoms with van der Waals surface area (Å²) in [6.45, 7) is 13.2. The largest absolute Gasteiger partial charge is 0.402 e. The van der Waals surface area contributed by atoms with Crippen molar-refractivity contribution in [1.82, 2.24) is 4.98 Å². The van der Waals surface area contributed by atoms with Gasteiger partial charge in [0.2, 0.25) is 0 Å². The van der Waals surface area contributed by atoms with Crippen LogP contribution in [-0.4, -0.2) is 31.6 Å². The van der Waals surface area contributed by atoms with E-state index in [0.29, 0.717) is 6.26 Å². The van der Waals surface area contributed by atoms with Crippen molar-refractivity contribution in [2.24, 2.45) is 11.8 Å². The summed E-state index contributed by atoms with van der Waals surface area (Å²) in [5.41, 5.74) is 1.42. The summed E-state index contributed by atoms with van der Waals surface area (Å²) in [4.78, 5) is 3.19. The molecule has 3 nitrogen and oxygen atoms in total. The molecule has 0 aromatic carbocycles. The number of hydrogen-bond donors (Lipinski definition) is 1. The predicted molar refractivity (Wildman–Crippen MR) is 121 cm³/mol. The second-order valence-corrected chi connectivity index (χ2v) is 9.86. The van der Waals surface area contributed by atoms with Gasteiger partial charge in [-0.25, -0.2) is 8.42 Å². The van der Waals surface area contributed by atoms with Crippen LogP contribution in [0.15, 0.2) is 24.4 Å². The van der Waals surface area contributed by atoms with E-state index in [1.807, 2.05) is 6.20 Å². The zero-order valence-electron chi connectivity index (χ0n) is 19.0. The summed E-state index contributed by atoms with van der Waals surface area (Å²) in [5, 5.41) is 2.32. The summed E-state index contributed by atoms with van der Waals surface area (Å²) in [5.74, 6) is 0.0492. The Morgan fingerprint density at radius 3 is 2.07 bits per heavy atom. The van der Waals surface area contributed by atoms with Crippen LogP contribution >= 0.6 is 0 Å². The Kier molecular flexibility index (Phi) is 13.0. The molecule has 0 spiro atoms. The molecule has 0 amide bonds. The molecule has 1 atom stereocenters. The van der Waals surface area contributed by atoms with Gasteiger partial charge in [0.15, 0.2) is 9.84 Å². The van der Waals surface area contributed by atoms with Crippen molar-refractivity contribution in [1.29, 1.82) is 0 Å². The molecule has 1 N–H and O–H groups in total. The summed E-state index contributed by atoms with van der Waals surface area (Å²) < 4.78 is 53.4. The van der Waals surface area contributed by atoms with Gasteiger partial charge in [0.1, 0.15) is 5.75 Å². The molecule has 0 fully saturated rings. The number of H-pyrrole nitrogens is 1. The number of halogens is 3. The van der Waals surface area contributed by atoms with Crippen LogP contribution in [0, 0.1) is 11.8 Å². The maximum atomic E-state index is 11.2. The molecule has 1 aromatic rings. The smallest absolute Gasteiger partial charge is 0.362 e. The monoisotopic (exact) mass is 449 g/mol. The van der Waals surface area contributed by atoms with Crippen molar-refractivity contribution in [2.45, 2.75) is 72.4 Å². The van der Waals surface area contributed by atoms with Crippen molar-refractivity contribution < 1.29 is 21.6 Å². The average Bonchev–Trinajstić information content (AvgIpc) is 3.03. The molecule has 30 heavy (non-hydrogen) atoms. The van der Waals surface area contributed by atoms with Crippen molar-refractivity contribution >= 4 is 22.0 Å². The van der Waals surface area contributed by atoms with Crippen molar-refractivity contribution in [3.05, 3.63) is 35.0 Å². The number of rotatable bonds is 10. The van der Waals surface area contributed by atoms with E-state index in [9.17, 15) is 21.6 Å². The van der Waals surface area contributed by atoms with E-state index in [2.05, 4.69) is 57.5 Å². The van der Waals surface area contributed by atoms with E-state index in [0.717, 1.165) is 23.6 Å². The molecular formula is C23H38F3NO2S. The molecular weight excluding hydrogens is 411 g/mol. The summed E-state index contributed by atoms with van der Waals surface area (Å²) in [7, 11) is -3.91. The quantitative estimate of drug-likeness (QED) is 0.521. The Labute approximate surface area is 180 Å². The normalized spacial score (nSPS) is 14.6. The Bertz CT molecular complexity index is 835. The van der Waals surface area contributed by atoms with Crippen LogP contribution in [0.3, 0.4) is 0 Å². The molecule has 1 heterocycles. The van der Waals surface area contributed by atoms with Crippen LogP contribution in [-0.2, 0) is 9.84 Å². The van der Waals surface area contributed by atoms with Crippen LogP contribution in [0.4, 0.5) is 13.2 Å². The fourth-order valence-corrected chi connectivity index (χ4v) is 4.39.